The van der Waals surface area contributed by atoms with Gasteiger partial charge in [0.05, 0.1) is 24.2 Å². The second kappa shape index (κ2) is 10.5. The third-order valence-electron chi connectivity index (χ3n) is 6.76. The molecule has 33 heavy (non-hydrogen) atoms. The van der Waals surface area contributed by atoms with Gasteiger partial charge in [-0.05, 0) is 63.2 Å². The number of hydrogen-bond acceptors (Lipinski definition) is 5. The van der Waals surface area contributed by atoms with Gasteiger partial charge in [0.2, 0.25) is 0 Å². The first-order valence-electron chi connectivity index (χ1n) is 12.1. The molecule has 1 aliphatic rings. The van der Waals surface area contributed by atoms with Crippen molar-refractivity contribution in [3.8, 4) is 5.69 Å². The largest absolute Gasteiger partial charge is 0.468 e. The molecule has 1 atom stereocenters. The normalized spacial score (nSPS) is 16.0. The molecule has 1 aliphatic heterocycles. The number of aryl methyl sites for hydroxylation is 1. The summed E-state index contributed by atoms with van der Waals surface area (Å²) in [5.41, 5.74) is 3.26. The Morgan fingerprint density at radius 3 is 2.39 bits per heavy atom. The molecular formula is C26H36FN5O. The Labute approximate surface area is 196 Å². The molecule has 1 saturated heterocycles. The van der Waals surface area contributed by atoms with Crippen LogP contribution >= 0.6 is 0 Å². The van der Waals surface area contributed by atoms with Crippen LogP contribution in [0.4, 0.5) is 10.2 Å². The van der Waals surface area contributed by atoms with Crippen LogP contribution in [0.25, 0.3) is 5.69 Å². The summed E-state index contributed by atoms with van der Waals surface area (Å²) in [7, 11) is 2.17. The molecule has 178 valence electrons. The van der Waals surface area contributed by atoms with Gasteiger partial charge in [0.25, 0.3) is 0 Å². The highest BCUT2D eigenvalue weighted by atomic mass is 19.1. The van der Waals surface area contributed by atoms with E-state index < -0.39 is 0 Å². The molecule has 7 heteroatoms. The molecule has 0 N–H and O–H groups in total. The van der Waals surface area contributed by atoms with Gasteiger partial charge in [0.15, 0.2) is 0 Å². The summed E-state index contributed by atoms with van der Waals surface area (Å²) >= 11 is 0. The number of aromatic nitrogens is 2. The van der Waals surface area contributed by atoms with Gasteiger partial charge in [-0.3, -0.25) is 4.90 Å². The van der Waals surface area contributed by atoms with Crippen LogP contribution in [0, 0.1) is 5.82 Å². The number of furan rings is 1. The molecule has 4 rings (SSSR count). The quantitative estimate of drug-likeness (QED) is 0.469. The predicted octanol–water partition coefficient (Wildman–Crippen LogP) is 4.72. The van der Waals surface area contributed by atoms with Crippen molar-refractivity contribution in [1.29, 1.82) is 0 Å². The Morgan fingerprint density at radius 1 is 1.06 bits per heavy atom. The average molecular weight is 454 g/mol. The SMILES string of the molecule is CCc1nn(-c2ccc(F)cc2)c(N2CCN(C)CC2)c1CN(Cc1ccco1)C(C)CC. The summed E-state index contributed by atoms with van der Waals surface area (Å²) in [6, 6.07) is 11.1. The van der Waals surface area contributed by atoms with E-state index in [0.717, 1.165) is 75.1 Å². The molecule has 6 nitrogen and oxygen atoms in total. The van der Waals surface area contributed by atoms with Crippen LogP contribution in [0.3, 0.4) is 0 Å². The summed E-state index contributed by atoms with van der Waals surface area (Å²) in [6.45, 7) is 12.1. The van der Waals surface area contributed by atoms with Crippen molar-refractivity contribution in [3.63, 3.8) is 0 Å². The van der Waals surface area contributed by atoms with E-state index in [0.29, 0.717) is 6.04 Å². The van der Waals surface area contributed by atoms with E-state index in [1.807, 2.05) is 28.9 Å². The number of anilines is 1. The lowest BCUT2D eigenvalue weighted by Crippen LogP contribution is -2.45. The van der Waals surface area contributed by atoms with Crippen LogP contribution in [-0.2, 0) is 19.5 Å². The Bertz CT molecular complexity index is 1010. The minimum atomic E-state index is -0.232. The molecule has 0 radical (unpaired) electrons. The predicted molar refractivity (Wildman–Crippen MR) is 130 cm³/mol. The van der Waals surface area contributed by atoms with Crippen LogP contribution in [0.15, 0.2) is 47.1 Å². The zero-order chi connectivity index (χ0) is 23.4. The molecule has 3 aromatic rings. The minimum Gasteiger partial charge on any atom is -0.468 e. The van der Waals surface area contributed by atoms with Gasteiger partial charge < -0.3 is 14.2 Å². The Morgan fingerprint density at radius 2 is 1.79 bits per heavy atom. The van der Waals surface area contributed by atoms with Gasteiger partial charge in [-0.15, -0.1) is 0 Å². The van der Waals surface area contributed by atoms with E-state index in [1.54, 1.807) is 6.26 Å². The lowest BCUT2D eigenvalue weighted by molar-refractivity contribution is 0.171. The highest BCUT2D eigenvalue weighted by Crippen LogP contribution is 2.31. The molecule has 1 fully saturated rings. The van der Waals surface area contributed by atoms with Crippen LogP contribution < -0.4 is 4.90 Å². The third kappa shape index (κ3) is 5.31. The smallest absolute Gasteiger partial charge is 0.137 e. The Kier molecular flexibility index (Phi) is 7.50. The van der Waals surface area contributed by atoms with E-state index in [9.17, 15) is 4.39 Å². The summed E-state index contributed by atoms with van der Waals surface area (Å²) in [4.78, 5) is 7.29. The molecule has 3 heterocycles. The molecule has 0 amide bonds. The molecular weight excluding hydrogens is 417 g/mol. The zero-order valence-electron chi connectivity index (χ0n) is 20.3. The Hall–Kier alpha value is -2.64. The highest BCUT2D eigenvalue weighted by Gasteiger charge is 2.28. The number of hydrogen-bond donors (Lipinski definition) is 0. The summed E-state index contributed by atoms with van der Waals surface area (Å²) in [5.74, 6) is 1.88. The first kappa shape index (κ1) is 23.5. The first-order valence-corrected chi connectivity index (χ1v) is 12.1. The fourth-order valence-corrected chi connectivity index (χ4v) is 4.47. The molecule has 1 aromatic carbocycles. The van der Waals surface area contributed by atoms with Gasteiger partial charge in [0.1, 0.15) is 17.4 Å². The van der Waals surface area contributed by atoms with Crippen molar-refractivity contribution >= 4 is 5.82 Å². The number of nitrogens with zero attached hydrogens (tertiary/aromatic N) is 5. The van der Waals surface area contributed by atoms with E-state index >= 15 is 0 Å². The lowest BCUT2D eigenvalue weighted by Gasteiger charge is -2.35. The van der Waals surface area contributed by atoms with Crippen molar-refractivity contribution in [2.24, 2.45) is 0 Å². The summed E-state index contributed by atoms with van der Waals surface area (Å²) < 4.78 is 21.4. The fourth-order valence-electron chi connectivity index (χ4n) is 4.47. The van der Waals surface area contributed by atoms with Gasteiger partial charge in [-0.25, -0.2) is 9.07 Å². The second-order valence-electron chi connectivity index (χ2n) is 9.02. The third-order valence-corrected chi connectivity index (χ3v) is 6.76. The number of halogens is 1. The molecule has 0 bridgehead atoms. The highest BCUT2D eigenvalue weighted by molar-refractivity contribution is 5.56. The van der Waals surface area contributed by atoms with E-state index in [2.05, 4.69) is 42.5 Å². The fraction of sp³-hybridized carbons (Fsp3) is 0.500. The molecule has 0 saturated carbocycles. The van der Waals surface area contributed by atoms with Crippen LogP contribution in [-0.4, -0.2) is 58.8 Å². The molecule has 1 unspecified atom stereocenters. The maximum Gasteiger partial charge on any atom is 0.137 e. The zero-order valence-corrected chi connectivity index (χ0v) is 20.3. The van der Waals surface area contributed by atoms with E-state index in [-0.39, 0.29) is 5.82 Å². The van der Waals surface area contributed by atoms with Crippen LogP contribution in [0.1, 0.15) is 44.2 Å². The van der Waals surface area contributed by atoms with Gasteiger partial charge >= 0.3 is 0 Å². The molecule has 0 aliphatic carbocycles. The minimum absolute atomic E-state index is 0.232. The average Bonchev–Trinajstić information content (AvgIpc) is 3.47. The van der Waals surface area contributed by atoms with Crippen LogP contribution in [0.2, 0.25) is 0 Å². The van der Waals surface area contributed by atoms with Crippen molar-refractivity contribution in [2.45, 2.75) is 52.7 Å². The van der Waals surface area contributed by atoms with Crippen LogP contribution in [0.5, 0.6) is 0 Å². The monoisotopic (exact) mass is 453 g/mol. The van der Waals surface area contributed by atoms with E-state index in [1.165, 1.54) is 17.7 Å². The number of benzene rings is 1. The number of likely N-dealkylation sites (N-methyl/N-ethyl adjacent to an activating group) is 1. The maximum atomic E-state index is 13.7. The number of piperazine rings is 1. The second-order valence-corrected chi connectivity index (χ2v) is 9.02. The summed E-state index contributed by atoms with van der Waals surface area (Å²) in [5, 5.41) is 5.05. The van der Waals surface area contributed by atoms with Crippen molar-refractivity contribution in [3.05, 3.63) is 65.5 Å². The summed E-state index contributed by atoms with van der Waals surface area (Å²) in [6.07, 6.45) is 3.64. The maximum absolute atomic E-state index is 13.7. The lowest BCUT2D eigenvalue weighted by atomic mass is 10.1. The first-order chi connectivity index (χ1) is 16.0. The van der Waals surface area contributed by atoms with Crippen molar-refractivity contribution in [1.82, 2.24) is 19.6 Å². The topological polar surface area (TPSA) is 40.7 Å². The van der Waals surface area contributed by atoms with Gasteiger partial charge in [-0.1, -0.05) is 13.8 Å². The number of rotatable bonds is 9. The van der Waals surface area contributed by atoms with E-state index in [4.69, 9.17) is 9.52 Å². The van der Waals surface area contributed by atoms with Crippen molar-refractivity contribution in [2.75, 3.05) is 38.1 Å². The molecule has 0 spiro atoms. The van der Waals surface area contributed by atoms with Gasteiger partial charge in [0, 0.05) is 44.3 Å². The molecule has 2 aromatic heterocycles. The van der Waals surface area contributed by atoms with Gasteiger partial charge in [-0.2, -0.15) is 5.10 Å². The van der Waals surface area contributed by atoms with Crippen molar-refractivity contribution < 1.29 is 8.81 Å². The Balaban J connectivity index is 1.76. The standard InChI is InChI=1S/C26H36FN5O/c1-5-20(3)31(18-23-8-7-17-33-23)19-24-25(6-2)28-32(22-11-9-21(27)10-12-22)26(24)30-15-13-29(4)14-16-30/h7-12,17,20H,5-6,13-16,18-19H2,1-4H3.